The molecular weight excluding hydrogens is 829 g/mol. The number of carbonyl (C=O) groups is 3. The highest BCUT2D eigenvalue weighted by molar-refractivity contribution is 5.71. The number of esters is 3. The first-order valence-corrected chi connectivity index (χ1v) is 28.9. The van der Waals surface area contributed by atoms with E-state index in [2.05, 4.69) is 39.0 Å². The van der Waals surface area contributed by atoms with Gasteiger partial charge in [-0.25, -0.2) is 0 Å². The second-order valence-corrected chi connectivity index (χ2v) is 19.3. The van der Waals surface area contributed by atoms with Crippen LogP contribution in [0.1, 0.15) is 290 Å². The van der Waals surface area contributed by atoms with Gasteiger partial charge in [0.05, 0.1) is 0 Å². The molecule has 67 heavy (non-hydrogen) atoms. The molecule has 6 nitrogen and oxygen atoms in total. The van der Waals surface area contributed by atoms with E-state index in [4.69, 9.17) is 14.2 Å². The molecule has 0 aromatic rings. The first kappa shape index (κ1) is 64.1. The normalized spacial score (nSPS) is 12.5. The quantitative estimate of drug-likeness (QED) is 0.0262. The lowest BCUT2D eigenvalue weighted by Crippen LogP contribution is -2.30. The van der Waals surface area contributed by atoms with E-state index in [9.17, 15) is 14.4 Å². The van der Waals surface area contributed by atoms with Gasteiger partial charge in [-0.15, -0.1) is 0 Å². The molecular formula is C61H108O6. The number of hydrogen-bond acceptors (Lipinski definition) is 6. The Bertz CT molecular complexity index is 1210. The molecule has 0 heterocycles. The zero-order valence-corrected chi connectivity index (χ0v) is 44.4. The fraction of sp³-hybridized carbons (Fsp3) is 0.787. The van der Waals surface area contributed by atoms with Crippen LogP contribution >= 0.6 is 0 Å². The highest BCUT2D eigenvalue weighted by Gasteiger charge is 2.19. The van der Waals surface area contributed by atoms with Crippen LogP contribution in [-0.2, 0) is 28.6 Å². The van der Waals surface area contributed by atoms with Crippen LogP contribution in [0.2, 0.25) is 0 Å². The number of carbonyl (C=O) groups excluding carboxylic acids is 3. The van der Waals surface area contributed by atoms with Crippen molar-refractivity contribution in [1.29, 1.82) is 0 Å². The summed E-state index contributed by atoms with van der Waals surface area (Å²) >= 11 is 0. The molecule has 1 unspecified atom stereocenters. The van der Waals surface area contributed by atoms with E-state index >= 15 is 0 Å². The van der Waals surface area contributed by atoms with Gasteiger partial charge in [-0.3, -0.25) is 14.4 Å². The van der Waals surface area contributed by atoms with Crippen LogP contribution < -0.4 is 0 Å². The predicted octanol–water partition coefficient (Wildman–Crippen LogP) is 19.2. The van der Waals surface area contributed by atoms with Crippen molar-refractivity contribution >= 4 is 17.9 Å². The topological polar surface area (TPSA) is 78.9 Å². The molecule has 0 aliphatic carbocycles. The molecule has 0 fully saturated rings. The molecule has 6 heteroatoms. The monoisotopic (exact) mass is 937 g/mol. The SMILES string of the molecule is CC\C=C/C=C\C=C/C=C\C=C/CCCCCC(=O)OCC(COC(=O)CCCCCCCCCCCCCCCCCCC)OC(=O)CCCCCCCCCCCCCCCCCCC. The summed E-state index contributed by atoms with van der Waals surface area (Å²) in [6, 6.07) is 0. The third-order valence-corrected chi connectivity index (χ3v) is 12.7. The maximum atomic E-state index is 12.9. The Kier molecular flexibility index (Phi) is 53.3. The van der Waals surface area contributed by atoms with Crippen molar-refractivity contribution in [2.45, 2.75) is 297 Å². The molecule has 0 aromatic carbocycles. The van der Waals surface area contributed by atoms with Gasteiger partial charge in [-0.05, 0) is 38.5 Å². The smallest absolute Gasteiger partial charge is 0.306 e. The minimum atomic E-state index is -0.788. The maximum absolute atomic E-state index is 12.9. The summed E-state index contributed by atoms with van der Waals surface area (Å²) < 4.78 is 16.8. The minimum Gasteiger partial charge on any atom is -0.462 e. The van der Waals surface area contributed by atoms with Gasteiger partial charge in [-0.2, -0.15) is 0 Å². The number of ether oxygens (including phenoxy) is 3. The number of allylic oxidation sites excluding steroid dienone is 10. The Morgan fingerprint density at radius 2 is 0.582 bits per heavy atom. The molecule has 0 aliphatic heterocycles. The van der Waals surface area contributed by atoms with Crippen molar-refractivity contribution in [3.63, 3.8) is 0 Å². The van der Waals surface area contributed by atoms with Crippen LogP contribution in [0.25, 0.3) is 0 Å². The predicted molar refractivity (Wildman–Crippen MR) is 288 cm³/mol. The summed E-state index contributed by atoms with van der Waals surface area (Å²) in [6.45, 7) is 6.50. The highest BCUT2D eigenvalue weighted by atomic mass is 16.6. The molecule has 0 spiro atoms. The van der Waals surface area contributed by atoms with Crippen molar-refractivity contribution < 1.29 is 28.6 Å². The summed E-state index contributed by atoms with van der Waals surface area (Å²) in [5.74, 6) is -0.912. The van der Waals surface area contributed by atoms with Gasteiger partial charge in [0.25, 0.3) is 0 Å². The van der Waals surface area contributed by atoms with Crippen LogP contribution in [0.15, 0.2) is 60.8 Å². The molecule has 0 radical (unpaired) electrons. The lowest BCUT2D eigenvalue weighted by atomic mass is 10.0. The van der Waals surface area contributed by atoms with E-state index in [0.717, 1.165) is 70.6 Å². The zero-order chi connectivity index (χ0) is 48.6. The molecule has 0 saturated carbocycles. The Morgan fingerprint density at radius 1 is 0.313 bits per heavy atom. The Balaban J connectivity index is 4.40. The van der Waals surface area contributed by atoms with Gasteiger partial charge >= 0.3 is 17.9 Å². The van der Waals surface area contributed by atoms with Gasteiger partial charge in [-0.1, -0.05) is 293 Å². The van der Waals surface area contributed by atoms with Crippen LogP contribution in [0.4, 0.5) is 0 Å². The molecule has 0 saturated heterocycles. The van der Waals surface area contributed by atoms with Gasteiger partial charge in [0, 0.05) is 19.3 Å². The Morgan fingerprint density at radius 3 is 0.910 bits per heavy atom. The molecule has 388 valence electrons. The number of unbranched alkanes of at least 4 members (excludes halogenated alkanes) is 35. The van der Waals surface area contributed by atoms with E-state index in [1.165, 1.54) is 180 Å². The third kappa shape index (κ3) is 53.9. The molecule has 0 aliphatic rings. The summed E-state index contributed by atoms with van der Waals surface area (Å²) in [5, 5.41) is 0. The van der Waals surface area contributed by atoms with Crippen molar-refractivity contribution in [1.82, 2.24) is 0 Å². The Hall–Kier alpha value is -2.89. The van der Waals surface area contributed by atoms with Gasteiger partial charge in [0.2, 0.25) is 0 Å². The van der Waals surface area contributed by atoms with Crippen molar-refractivity contribution in [3.8, 4) is 0 Å². The molecule has 0 N–H and O–H groups in total. The van der Waals surface area contributed by atoms with Gasteiger partial charge < -0.3 is 14.2 Å². The standard InChI is InChI=1S/C61H108O6/c1-4-7-10-13-16-19-22-25-28-30-33-36-39-42-45-48-51-54-60(63)66-57-58(56-65-59(62)53-50-47-44-41-38-35-32-27-24-21-18-15-12-9-6-3)67-61(64)55-52-49-46-43-40-37-34-31-29-26-23-20-17-14-11-8-5-2/h9,12,15,18,21,24,27,32,35,38,58H,4-8,10-11,13-14,16-17,19-20,22-23,25-26,28-31,33-34,36-37,39-57H2,1-3H3/b12-9-,18-15-,24-21-,32-27-,38-35-. The largest absolute Gasteiger partial charge is 0.462 e. The third-order valence-electron chi connectivity index (χ3n) is 12.7. The average molecular weight is 938 g/mol. The first-order valence-electron chi connectivity index (χ1n) is 28.9. The molecule has 1 atom stereocenters. The van der Waals surface area contributed by atoms with Crippen molar-refractivity contribution in [2.75, 3.05) is 13.2 Å². The van der Waals surface area contributed by atoms with Gasteiger partial charge in [0.15, 0.2) is 6.10 Å². The van der Waals surface area contributed by atoms with Crippen LogP contribution in [0.5, 0.6) is 0 Å². The summed E-state index contributed by atoms with van der Waals surface area (Å²) in [4.78, 5) is 38.1. The second kappa shape index (κ2) is 55.7. The highest BCUT2D eigenvalue weighted by Crippen LogP contribution is 2.17. The van der Waals surface area contributed by atoms with Crippen molar-refractivity contribution in [2.24, 2.45) is 0 Å². The number of rotatable bonds is 52. The Labute approximate surface area is 415 Å². The van der Waals surface area contributed by atoms with E-state index in [-0.39, 0.29) is 31.1 Å². The fourth-order valence-electron chi connectivity index (χ4n) is 8.35. The lowest BCUT2D eigenvalue weighted by molar-refractivity contribution is -0.167. The van der Waals surface area contributed by atoms with Crippen LogP contribution in [0.3, 0.4) is 0 Å². The van der Waals surface area contributed by atoms with E-state index in [0.29, 0.717) is 19.3 Å². The van der Waals surface area contributed by atoms with Crippen LogP contribution in [-0.4, -0.2) is 37.2 Å². The fourth-order valence-corrected chi connectivity index (χ4v) is 8.35. The first-order chi connectivity index (χ1) is 33.0. The zero-order valence-electron chi connectivity index (χ0n) is 44.4. The van der Waals surface area contributed by atoms with Crippen molar-refractivity contribution in [3.05, 3.63) is 60.8 Å². The minimum absolute atomic E-state index is 0.0839. The summed E-state index contributed by atoms with van der Waals surface area (Å²) in [7, 11) is 0. The molecule has 0 amide bonds. The second-order valence-electron chi connectivity index (χ2n) is 19.3. The molecule has 0 rings (SSSR count). The van der Waals surface area contributed by atoms with E-state index < -0.39 is 6.10 Å². The van der Waals surface area contributed by atoms with E-state index in [1.54, 1.807) is 0 Å². The van der Waals surface area contributed by atoms with E-state index in [1.807, 2.05) is 42.5 Å². The maximum Gasteiger partial charge on any atom is 0.306 e. The number of hydrogen-bond donors (Lipinski definition) is 0. The molecule has 0 bridgehead atoms. The molecule has 0 aromatic heterocycles. The summed E-state index contributed by atoms with van der Waals surface area (Å²) in [6.07, 6.45) is 69.3. The summed E-state index contributed by atoms with van der Waals surface area (Å²) in [5.41, 5.74) is 0. The van der Waals surface area contributed by atoms with Crippen LogP contribution in [0, 0.1) is 0 Å². The average Bonchev–Trinajstić information content (AvgIpc) is 3.33. The van der Waals surface area contributed by atoms with Gasteiger partial charge in [0.1, 0.15) is 13.2 Å². The lowest BCUT2D eigenvalue weighted by Gasteiger charge is -2.18.